The smallest absolute Gasteiger partial charge is 0.274 e. The van der Waals surface area contributed by atoms with E-state index in [0.717, 1.165) is 53.2 Å². The van der Waals surface area contributed by atoms with Crippen LogP contribution in [0.1, 0.15) is 114 Å². The maximum absolute atomic E-state index is 13.6. The van der Waals surface area contributed by atoms with Crippen LogP contribution >= 0.6 is 11.3 Å². The van der Waals surface area contributed by atoms with Crippen molar-refractivity contribution in [3.8, 4) is 5.75 Å². The molecule has 1 unspecified atom stereocenters. The number of rotatable bonds is 11. The molecule has 1 spiro atoms. The monoisotopic (exact) mass is 816 g/mol. The Labute approximate surface area is 348 Å². The lowest BCUT2D eigenvalue weighted by atomic mass is 9.57. The van der Waals surface area contributed by atoms with Gasteiger partial charge in [-0.1, -0.05) is 18.7 Å². The molecular formula is C45H52N8O5S. The molecule has 2 aromatic heterocycles. The van der Waals surface area contributed by atoms with Crippen molar-refractivity contribution < 1.29 is 23.9 Å². The molecule has 4 amide bonds. The fraction of sp³-hybridized carbons (Fsp3) is 0.489. The van der Waals surface area contributed by atoms with Crippen molar-refractivity contribution in [1.29, 1.82) is 0 Å². The molecule has 308 valence electrons. The summed E-state index contributed by atoms with van der Waals surface area (Å²) in [6.45, 7) is 10.3. The Hall–Kier alpha value is -5.21. The van der Waals surface area contributed by atoms with Crippen LogP contribution in [0.4, 0.5) is 11.4 Å². The van der Waals surface area contributed by atoms with E-state index in [-0.39, 0.29) is 24.1 Å². The predicted octanol–water partition coefficient (Wildman–Crippen LogP) is 7.16. The van der Waals surface area contributed by atoms with E-state index in [9.17, 15) is 19.2 Å². The first-order valence-corrected chi connectivity index (χ1v) is 21.9. The van der Waals surface area contributed by atoms with Gasteiger partial charge in [0.25, 0.3) is 11.8 Å². The number of methoxy groups -OCH3 is 1. The van der Waals surface area contributed by atoms with Gasteiger partial charge in [0.1, 0.15) is 23.3 Å². The van der Waals surface area contributed by atoms with Crippen LogP contribution in [0.25, 0.3) is 15.9 Å². The molecule has 1 atom stereocenters. The second kappa shape index (κ2) is 16.1. The molecule has 9 rings (SSSR count). The van der Waals surface area contributed by atoms with Crippen molar-refractivity contribution in [3.05, 3.63) is 76.8 Å². The lowest BCUT2D eigenvalue weighted by Gasteiger charge is -2.53. The Morgan fingerprint density at radius 2 is 1.81 bits per heavy atom. The third-order valence-electron chi connectivity index (χ3n) is 13.5. The molecule has 0 bridgehead atoms. The zero-order valence-corrected chi connectivity index (χ0v) is 34.7. The van der Waals surface area contributed by atoms with Crippen molar-refractivity contribution >= 4 is 62.3 Å². The van der Waals surface area contributed by atoms with Gasteiger partial charge in [-0.3, -0.25) is 29.4 Å². The normalized spacial score (nSPS) is 23.3. The largest absolute Gasteiger partial charge is 0.494 e. The van der Waals surface area contributed by atoms with Crippen LogP contribution in [0.15, 0.2) is 49.2 Å². The quantitative estimate of drug-likeness (QED) is 0.133. The molecule has 0 radical (unpaired) electrons. The van der Waals surface area contributed by atoms with E-state index in [1.807, 2.05) is 30.3 Å². The maximum Gasteiger partial charge on any atom is 0.274 e. The highest BCUT2D eigenvalue weighted by atomic mass is 32.1. The molecular weight excluding hydrogens is 765 g/mol. The third-order valence-corrected chi connectivity index (χ3v) is 14.7. The van der Waals surface area contributed by atoms with Gasteiger partial charge < -0.3 is 20.3 Å². The Morgan fingerprint density at radius 1 is 1.02 bits per heavy atom. The molecule has 3 aliphatic heterocycles. The minimum atomic E-state index is -0.719. The van der Waals surface area contributed by atoms with Crippen molar-refractivity contribution in [2.45, 2.75) is 89.5 Å². The lowest BCUT2D eigenvalue weighted by Crippen LogP contribution is -2.52. The summed E-state index contributed by atoms with van der Waals surface area (Å²) in [5, 5.41) is 10.1. The number of nitrogens with one attached hydrogen (secondary N) is 3. The average Bonchev–Trinajstić information content (AvgIpc) is 3.75. The molecule has 5 heterocycles. The van der Waals surface area contributed by atoms with Gasteiger partial charge in [0, 0.05) is 54.6 Å². The molecule has 3 N–H and O–H groups in total. The second-order valence-corrected chi connectivity index (χ2v) is 18.4. The molecule has 2 aliphatic carbocycles. The first-order valence-electron chi connectivity index (χ1n) is 21.1. The van der Waals surface area contributed by atoms with Gasteiger partial charge in [-0.15, -0.1) is 11.3 Å². The summed E-state index contributed by atoms with van der Waals surface area (Å²) < 4.78 is 6.67. The summed E-state index contributed by atoms with van der Waals surface area (Å²) >= 11 is 1.72. The van der Waals surface area contributed by atoms with Gasteiger partial charge in [-0.05, 0) is 120 Å². The second-order valence-electron chi connectivity index (χ2n) is 17.3. The number of hydrogen-bond donors (Lipinski definition) is 3. The number of hydrogen-bond acceptors (Lipinski definition) is 11. The number of fused-ring (bicyclic) bond motifs is 2. The van der Waals surface area contributed by atoms with Gasteiger partial charge in [-0.25, -0.2) is 15.0 Å². The average molecular weight is 817 g/mol. The van der Waals surface area contributed by atoms with Crippen LogP contribution in [-0.2, 0) is 9.59 Å². The van der Waals surface area contributed by atoms with Gasteiger partial charge in [0.2, 0.25) is 11.8 Å². The maximum atomic E-state index is 13.6. The van der Waals surface area contributed by atoms with Crippen LogP contribution in [0.3, 0.4) is 0 Å². The zero-order chi connectivity index (χ0) is 40.8. The highest BCUT2D eigenvalue weighted by Crippen LogP contribution is 2.54. The fourth-order valence-corrected chi connectivity index (χ4v) is 11.5. The SMILES string of the molecule is C=C1c2cccc(NCCC3CC4(CCN(CC5CCC(c6nc7cc(OC)c(NC(=O)c8ccnc(C)n8)cc7s6)CC5)CC4)C3)c2C(=O)N1C1CCC(=O)NC1=O. The molecule has 59 heavy (non-hydrogen) atoms. The summed E-state index contributed by atoms with van der Waals surface area (Å²) in [6.07, 6.45) is 13.0. The molecule has 2 saturated heterocycles. The summed E-state index contributed by atoms with van der Waals surface area (Å²) in [7, 11) is 1.61. The van der Waals surface area contributed by atoms with Crippen LogP contribution in [0.2, 0.25) is 0 Å². The number of imide groups is 1. The van der Waals surface area contributed by atoms with E-state index >= 15 is 0 Å². The first kappa shape index (κ1) is 39.3. The third kappa shape index (κ3) is 7.84. The van der Waals surface area contributed by atoms with E-state index < -0.39 is 11.9 Å². The number of carbonyl (C=O) groups is 4. The van der Waals surface area contributed by atoms with Crippen LogP contribution in [0.5, 0.6) is 5.75 Å². The number of piperidine rings is 2. The predicted molar refractivity (Wildman–Crippen MR) is 227 cm³/mol. The van der Waals surface area contributed by atoms with E-state index in [4.69, 9.17) is 9.72 Å². The van der Waals surface area contributed by atoms with Crippen molar-refractivity contribution in [2.24, 2.45) is 17.3 Å². The minimum absolute atomic E-state index is 0.210. The number of carbonyl (C=O) groups excluding carboxylic acids is 4. The number of thiazole rings is 1. The van der Waals surface area contributed by atoms with E-state index in [1.165, 1.54) is 68.1 Å². The molecule has 4 aromatic rings. The Balaban J connectivity index is 0.713. The first-order chi connectivity index (χ1) is 28.6. The minimum Gasteiger partial charge on any atom is -0.494 e. The standard InChI is InChI=1S/C45H52N8O5S/c1-26-31-5-4-6-32(40(31)44(57)53(26)36-11-12-39(54)51-42(36)56)47-17-13-29-23-45(24-29)15-19-52(20-16-45)25-28-7-9-30(10-8-28)43-50-35-21-37(58-3)34(22-38(35)59-43)49-41(55)33-14-18-46-27(2)48-33/h4-6,14,18,21-22,28-30,36,47H,1,7-13,15-17,19-20,23-25H2,2-3H3,(H,49,55)(H,51,54,56). The number of ether oxygens (including phenoxy) is 1. The number of nitrogens with zero attached hydrogens (tertiary/aromatic N) is 5. The molecule has 13 nitrogen and oxygen atoms in total. The van der Waals surface area contributed by atoms with Gasteiger partial charge in [0.05, 0.1) is 33.6 Å². The van der Waals surface area contributed by atoms with Gasteiger partial charge in [-0.2, -0.15) is 0 Å². The summed E-state index contributed by atoms with van der Waals surface area (Å²) in [5.41, 5.74) is 4.92. The fourth-order valence-electron chi connectivity index (χ4n) is 10.3. The Bertz CT molecular complexity index is 2320. The lowest BCUT2D eigenvalue weighted by molar-refractivity contribution is -0.136. The molecule has 2 saturated carbocycles. The molecule has 5 aliphatic rings. The zero-order valence-electron chi connectivity index (χ0n) is 33.9. The van der Waals surface area contributed by atoms with Crippen molar-refractivity contribution in [3.63, 3.8) is 0 Å². The summed E-state index contributed by atoms with van der Waals surface area (Å²) in [5.74, 6) is 1.72. The van der Waals surface area contributed by atoms with Crippen LogP contribution in [-0.4, -0.2) is 87.7 Å². The van der Waals surface area contributed by atoms with Crippen LogP contribution < -0.4 is 20.7 Å². The number of anilines is 2. The van der Waals surface area contributed by atoms with E-state index in [0.29, 0.717) is 57.9 Å². The van der Waals surface area contributed by atoms with Gasteiger partial charge >= 0.3 is 0 Å². The summed E-state index contributed by atoms with van der Waals surface area (Å²) in [4.78, 5) is 68.4. The van der Waals surface area contributed by atoms with Gasteiger partial charge in [0.15, 0.2) is 0 Å². The number of aryl methyl sites for hydroxylation is 1. The Kier molecular flexibility index (Phi) is 10.7. The number of benzene rings is 2. The van der Waals surface area contributed by atoms with Crippen LogP contribution in [0, 0.1) is 24.2 Å². The highest BCUT2D eigenvalue weighted by molar-refractivity contribution is 7.18. The highest BCUT2D eigenvalue weighted by Gasteiger charge is 2.46. The van der Waals surface area contributed by atoms with E-state index in [1.54, 1.807) is 37.6 Å². The molecule has 2 aromatic carbocycles. The van der Waals surface area contributed by atoms with Crippen molar-refractivity contribution in [2.75, 3.05) is 43.9 Å². The topological polar surface area (TPSA) is 159 Å². The number of amides is 4. The number of aromatic nitrogens is 3. The number of likely N-dealkylation sites (tertiary alicyclic amines) is 1. The summed E-state index contributed by atoms with van der Waals surface area (Å²) in [6, 6.07) is 10.5. The van der Waals surface area contributed by atoms with E-state index in [2.05, 4.69) is 37.4 Å². The molecule has 4 fully saturated rings. The molecule has 14 heteroatoms. The Morgan fingerprint density at radius 3 is 2.56 bits per heavy atom. The van der Waals surface area contributed by atoms with Crippen molar-refractivity contribution in [1.82, 2.24) is 30.1 Å².